The van der Waals surface area contributed by atoms with E-state index in [0.29, 0.717) is 12.8 Å². The summed E-state index contributed by atoms with van der Waals surface area (Å²) >= 11 is 0. The van der Waals surface area contributed by atoms with Crippen molar-refractivity contribution in [1.82, 2.24) is 10.2 Å². The molecular formula is C9H15N5O3S. The summed E-state index contributed by atoms with van der Waals surface area (Å²) in [6.07, 6.45) is 4.44. The lowest BCUT2D eigenvalue weighted by atomic mass is 10.3. The van der Waals surface area contributed by atoms with Crippen molar-refractivity contribution in [3.8, 4) is 0 Å². The highest BCUT2D eigenvalue weighted by Gasteiger charge is 2.29. The quantitative estimate of drug-likeness (QED) is 0.269. The number of amidine groups is 1. The number of nitrogens with two attached hydrogens (primary N) is 1. The lowest BCUT2D eigenvalue weighted by Gasteiger charge is -2.12. The Labute approximate surface area is 104 Å². The Kier molecular flexibility index (Phi) is 3.41. The summed E-state index contributed by atoms with van der Waals surface area (Å²) in [5, 5.41) is 17.2. The SMILES string of the molecule is NC(=NO)c1cn[nH]c1NS(=O)(=O)C1CCCC1. The van der Waals surface area contributed by atoms with Crippen LogP contribution in [0, 0.1) is 0 Å². The van der Waals surface area contributed by atoms with Crippen LogP contribution in [0.25, 0.3) is 0 Å². The van der Waals surface area contributed by atoms with Crippen LogP contribution in [0.15, 0.2) is 11.4 Å². The van der Waals surface area contributed by atoms with Crippen LogP contribution in [0.1, 0.15) is 31.2 Å². The van der Waals surface area contributed by atoms with Gasteiger partial charge in [0.1, 0.15) is 5.82 Å². The zero-order valence-corrected chi connectivity index (χ0v) is 10.4. The Morgan fingerprint density at radius 3 is 2.83 bits per heavy atom. The number of H-pyrrole nitrogens is 1. The molecule has 0 saturated heterocycles. The molecule has 1 aromatic rings. The first-order valence-corrected chi connectivity index (χ1v) is 7.12. The van der Waals surface area contributed by atoms with E-state index >= 15 is 0 Å². The molecule has 0 aromatic carbocycles. The number of aromatic nitrogens is 2. The van der Waals surface area contributed by atoms with E-state index in [1.165, 1.54) is 6.20 Å². The summed E-state index contributed by atoms with van der Waals surface area (Å²) < 4.78 is 26.5. The first-order valence-electron chi connectivity index (χ1n) is 5.57. The number of oxime groups is 1. The second-order valence-electron chi connectivity index (χ2n) is 4.20. The highest BCUT2D eigenvalue weighted by Crippen LogP contribution is 2.26. The van der Waals surface area contributed by atoms with Crippen molar-refractivity contribution >= 4 is 21.7 Å². The third kappa shape index (κ3) is 2.40. The molecule has 5 N–H and O–H groups in total. The van der Waals surface area contributed by atoms with Crippen molar-refractivity contribution in [2.45, 2.75) is 30.9 Å². The Hall–Kier alpha value is -1.77. The molecule has 8 nitrogen and oxygen atoms in total. The van der Waals surface area contributed by atoms with Crippen LogP contribution in [0.4, 0.5) is 5.82 Å². The van der Waals surface area contributed by atoms with Crippen LogP contribution in [0.2, 0.25) is 0 Å². The first-order chi connectivity index (χ1) is 8.54. The number of anilines is 1. The van der Waals surface area contributed by atoms with E-state index in [4.69, 9.17) is 10.9 Å². The molecule has 1 heterocycles. The normalized spacial score (nSPS) is 18.1. The molecule has 9 heteroatoms. The number of nitrogens with one attached hydrogen (secondary N) is 2. The molecule has 0 aliphatic heterocycles. The first kappa shape index (κ1) is 12.7. The Balaban J connectivity index is 2.21. The van der Waals surface area contributed by atoms with Crippen LogP contribution in [-0.4, -0.2) is 34.9 Å². The highest BCUT2D eigenvalue weighted by atomic mass is 32.2. The molecule has 100 valence electrons. The van der Waals surface area contributed by atoms with Gasteiger partial charge in [-0.05, 0) is 12.8 Å². The van der Waals surface area contributed by atoms with Gasteiger partial charge < -0.3 is 10.9 Å². The summed E-state index contributed by atoms with van der Waals surface area (Å²) in [6.45, 7) is 0. The molecule has 1 aliphatic carbocycles. The minimum absolute atomic E-state index is 0.122. The van der Waals surface area contributed by atoms with E-state index in [-0.39, 0.29) is 22.5 Å². The average molecular weight is 273 g/mol. The van der Waals surface area contributed by atoms with Gasteiger partial charge in [0.2, 0.25) is 10.0 Å². The van der Waals surface area contributed by atoms with Crippen molar-refractivity contribution in [3.05, 3.63) is 11.8 Å². The number of hydrogen-bond acceptors (Lipinski definition) is 5. The second kappa shape index (κ2) is 4.84. The van der Waals surface area contributed by atoms with Gasteiger partial charge in [-0.2, -0.15) is 5.10 Å². The Bertz CT molecular complexity index is 544. The van der Waals surface area contributed by atoms with E-state index in [1.807, 2.05) is 0 Å². The van der Waals surface area contributed by atoms with Gasteiger partial charge in [0, 0.05) is 0 Å². The van der Waals surface area contributed by atoms with E-state index in [1.54, 1.807) is 0 Å². The van der Waals surface area contributed by atoms with Gasteiger partial charge in [0.25, 0.3) is 0 Å². The average Bonchev–Trinajstić information content (AvgIpc) is 2.97. The van der Waals surface area contributed by atoms with Crippen molar-refractivity contribution < 1.29 is 13.6 Å². The van der Waals surface area contributed by atoms with E-state index in [9.17, 15) is 8.42 Å². The van der Waals surface area contributed by atoms with E-state index < -0.39 is 10.0 Å². The summed E-state index contributed by atoms with van der Waals surface area (Å²) in [5.74, 6) is -0.0786. The lowest BCUT2D eigenvalue weighted by molar-refractivity contribution is 0.318. The monoisotopic (exact) mass is 273 g/mol. The van der Waals surface area contributed by atoms with Gasteiger partial charge in [-0.25, -0.2) is 8.42 Å². The maximum atomic E-state index is 12.1. The summed E-state index contributed by atoms with van der Waals surface area (Å²) in [7, 11) is -3.46. The Morgan fingerprint density at radius 2 is 2.22 bits per heavy atom. The predicted octanol–water partition coefficient (Wildman–Crippen LogP) is 0.188. The third-order valence-electron chi connectivity index (χ3n) is 3.01. The highest BCUT2D eigenvalue weighted by molar-refractivity contribution is 7.93. The van der Waals surface area contributed by atoms with Crippen LogP contribution in [-0.2, 0) is 10.0 Å². The fourth-order valence-electron chi connectivity index (χ4n) is 2.04. The minimum Gasteiger partial charge on any atom is -0.409 e. The van der Waals surface area contributed by atoms with Crippen LogP contribution >= 0.6 is 0 Å². The molecule has 0 amide bonds. The zero-order valence-electron chi connectivity index (χ0n) is 9.63. The molecule has 18 heavy (non-hydrogen) atoms. The van der Waals surface area contributed by atoms with Gasteiger partial charge in [-0.15, -0.1) is 0 Å². The predicted molar refractivity (Wildman–Crippen MR) is 65.9 cm³/mol. The van der Waals surface area contributed by atoms with Gasteiger partial charge in [0.15, 0.2) is 5.84 Å². The molecular weight excluding hydrogens is 258 g/mol. The van der Waals surface area contributed by atoms with Crippen molar-refractivity contribution in [2.75, 3.05) is 4.72 Å². The van der Waals surface area contributed by atoms with Gasteiger partial charge in [-0.3, -0.25) is 9.82 Å². The fourth-order valence-corrected chi connectivity index (χ4v) is 3.60. The fraction of sp³-hybridized carbons (Fsp3) is 0.556. The summed E-state index contributed by atoms with van der Waals surface area (Å²) in [4.78, 5) is 0. The molecule has 1 aromatic heterocycles. The third-order valence-corrected chi connectivity index (χ3v) is 4.85. The molecule has 1 fully saturated rings. The minimum atomic E-state index is -3.46. The van der Waals surface area contributed by atoms with E-state index in [2.05, 4.69) is 20.1 Å². The van der Waals surface area contributed by atoms with Crippen molar-refractivity contribution in [1.29, 1.82) is 0 Å². The number of hydrogen-bond donors (Lipinski definition) is 4. The molecule has 0 spiro atoms. The smallest absolute Gasteiger partial charge is 0.236 e. The number of aromatic amines is 1. The summed E-state index contributed by atoms with van der Waals surface area (Å²) in [5.41, 5.74) is 5.64. The summed E-state index contributed by atoms with van der Waals surface area (Å²) in [6, 6.07) is 0. The van der Waals surface area contributed by atoms with Crippen LogP contribution in [0.5, 0.6) is 0 Å². The maximum Gasteiger partial charge on any atom is 0.236 e. The topological polar surface area (TPSA) is 133 Å². The molecule has 1 aliphatic rings. The molecule has 0 bridgehead atoms. The lowest BCUT2D eigenvalue weighted by Crippen LogP contribution is -2.27. The largest absolute Gasteiger partial charge is 0.409 e. The second-order valence-corrected chi connectivity index (χ2v) is 6.16. The zero-order chi connectivity index (χ0) is 13.2. The molecule has 0 unspecified atom stereocenters. The number of sulfonamides is 1. The Morgan fingerprint density at radius 1 is 1.56 bits per heavy atom. The van der Waals surface area contributed by atoms with E-state index in [0.717, 1.165) is 12.8 Å². The van der Waals surface area contributed by atoms with Gasteiger partial charge in [0.05, 0.1) is 17.0 Å². The standard InChI is InChI=1S/C9H15N5O3S/c10-8(13-15)7-5-11-12-9(7)14-18(16,17)6-3-1-2-4-6/h5-6,15H,1-4H2,(H2,10,13)(H2,11,12,14). The molecule has 1 saturated carbocycles. The van der Waals surface area contributed by atoms with Crippen LogP contribution in [0.3, 0.4) is 0 Å². The molecule has 2 rings (SSSR count). The number of rotatable bonds is 4. The number of nitrogens with zero attached hydrogens (tertiary/aromatic N) is 2. The van der Waals surface area contributed by atoms with Crippen molar-refractivity contribution in [2.24, 2.45) is 10.9 Å². The molecule has 0 radical (unpaired) electrons. The van der Waals surface area contributed by atoms with Gasteiger partial charge in [-0.1, -0.05) is 18.0 Å². The molecule has 0 atom stereocenters. The maximum absolute atomic E-state index is 12.1. The van der Waals surface area contributed by atoms with Gasteiger partial charge >= 0.3 is 0 Å². The van der Waals surface area contributed by atoms with Crippen molar-refractivity contribution in [3.63, 3.8) is 0 Å². The van der Waals surface area contributed by atoms with Crippen LogP contribution < -0.4 is 10.5 Å².